The minimum atomic E-state index is -2.20. The third-order valence-electron chi connectivity index (χ3n) is 1.29. The highest BCUT2D eigenvalue weighted by atomic mass is 32.2. The Morgan fingerprint density at radius 2 is 2.42 bits per heavy atom. The van der Waals surface area contributed by atoms with Crippen molar-refractivity contribution < 1.29 is 19.7 Å². The molecule has 0 aromatic carbocycles. The van der Waals surface area contributed by atoms with E-state index >= 15 is 0 Å². The van der Waals surface area contributed by atoms with E-state index in [0.29, 0.717) is 5.75 Å². The maximum absolute atomic E-state index is 10.5. The summed E-state index contributed by atoms with van der Waals surface area (Å²) in [6, 6.07) is -0.723. The van der Waals surface area contributed by atoms with Gasteiger partial charge in [-0.2, -0.15) is 0 Å². The lowest BCUT2D eigenvalue weighted by atomic mass is 10.3. The number of aliphatic carboxylic acids is 1. The van der Waals surface area contributed by atoms with Gasteiger partial charge in [-0.15, -0.1) is 11.8 Å². The Balaban J connectivity index is 2.59. The Kier molecular flexibility index (Phi) is 3.34. The molecule has 0 amide bonds. The lowest BCUT2D eigenvalue weighted by Gasteiger charge is -2.21. The first-order chi connectivity index (χ1) is 5.61. The highest BCUT2D eigenvalue weighted by Gasteiger charge is 2.24. The maximum atomic E-state index is 10.5. The molecular formula is C5H8NO4PS. The molecule has 0 aromatic heterocycles. The van der Waals surface area contributed by atoms with E-state index < -0.39 is 20.4 Å². The van der Waals surface area contributed by atoms with Crippen LogP contribution in [0.15, 0.2) is 10.8 Å². The van der Waals surface area contributed by atoms with Crippen molar-refractivity contribution in [2.75, 3.05) is 5.75 Å². The summed E-state index contributed by atoms with van der Waals surface area (Å²) in [5.41, 5.74) is 0.202. The molecule has 68 valence electrons. The fourth-order valence-electron chi connectivity index (χ4n) is 0.715. The number of thioether (sulfide) groups is 1. The van der Waals surface area contributed by atoms with Crippen molar-refractivity contribution in [2.45, 2.75) is 6.04 Å². The number of rotatable bonds is 2. The Labute approximate surface area is 74.4 Å². The average molecular weight is 209 g/mol. The Morgan fingerprint density at radius 1 is 1.75 bits per heavy atom. The zero-order valence-electron chi connectivity index (χ0n) is 5.97. The SMILES string of the molecule is O=C(O)C1CSC=C(P(O)O)N1. The monoisotopic (exact) mass is 209 g/mol. The maximum Gasteiger partial charge on any atom is 0.327 e. The molecule has 0 bridgehead atoms. The summed E-state index contributed by atoms with van der Waals surface area (Å²) in [5.74, 6) is -0.577. The molecule has 1 unspecified atom stereocenters. The second kappa shape index (κ2) is 4.09. The van der Waals surface area contributed by atoms with Crippen LogP contribution in [0.25, 0.3) is 0 Å². The quantitative estimate of drug-likeness (QED) is 0.474. The molecule has 1 aliphatic heterocycles. The molecule has 0 radical (unpaired) electrons. The van der Waals surface area contributed by atoms with E-state index in [9.17, 15) is 4.79 Å². The zero-order valence-corrected chi connectivity index (χ0v) is 7.68. The highest BCUT2D eigenvalue weighted by molar-refractivity contribution is 8.02. The summed E-state index contributed by atoms with van der Waals surface area (Å²) in [6.45, 7) is 0. The van der Waals surface area contributed by atoms with Gasteiger partial charge in [0.25, 0.3) is 0 Å². The molecule has 7 heteroatoms. The predicted molar refractivity (Wildman–Crippen MR) is 46.5 cm³/mol. The van der Waals surface area contributed by atoms with E-state index in [-0.39, 0.29) is 5.44 Å². The average Bonchev–Trinajstić information content (AvgIpc) is 2.04. The Hall–Kier alpha value is -0.290. The molecule has 0 aliphatic carbocycles. The number of carbonyl (C=O) groups is 1. The summed E-state index contributed by atoms with van der Waals surface area (Å²) in [4.78, 5) is 28.0. The highest BCUT2D eigenvalue weighted by Crippen LogP contribution is 2.36. The normalized spacial score (nSPS) is 23.2. The summed E-state index contributed by atoms with van der Waals surface area (Å²) in [6.07, 6.45) is 0. The van der Waals surface area contributed by atoms with Gasteiger partial charge in [0.15, 0.2) is 0 Å². The predicted octanol–water partition coefficient (Wildman–Crippen LogP) is -0.129. The smallest absolute Gasteiger partial charge is 0.327 e. The van der Waals surface area contributed by atoms with Crippen molar-refractivity contribution in [3.63, 3.8) is 0 Å². The van der Waals surface area contributed by atoms with Gasteiger partial charge in [0.2, 0.25) is 8.38 Å². The second-order valence-corrected chi connectivity index (χ2v) is 4.12. The fourth-order valence-corrected chi connectivity index (χ4v) is 2.33. The minimum Gasteiger partial charge on any atom is -0.480 e. The third kappa shape index (κ3) is 2.35. The van der Waals surface area contributed by atoms with Crippen LogP contribution in [-0.2, 0) is 4.79 Å². The molecule has 0 aromatic rings. The number of carboxylic acid groups (broad SMARTS) is 1. The van der Waals surface area contributed by atoms with Crippen LogP contribution in [0.5, 0.6) is 0 Å². The van der Waals surface area contributed by atoms with Gasteiger partial charge in [-0.25, -0.2) is 4.79 Å². The van der Waals surface area contributed by atoms with Crippen molar-refractivity contribution in [1.29, 1.82) is 0 Å². The molecule has 1 aliphatic rings. The van der Waals surface area contributed by atoms with Gasteiger partial charge in [-0.1, -0.05) is 0 Å². The van der Waals surface area contributed by atoms with Crippen LogP contribution >= 0.6 is 20.1 Å². The molecule has 1 rings (SSSR count). The molecule has 1 atom stereocenters. The summed E-state index contributed by atoms with van der Waals surface area (Å²) in [5, 5.41) is 12.6. The van der Waals surface area contributed by atoms with E-state index in [1.807, 2.05) is 0 Å². The number of carboxylic acids is 1. The second-order valence-electron chi connectivity index (χ2n) is 2.16. The molecule has 4 N–H and O–H groups in total. The van der Waals surface area contributed by atoms with Crippen molar-refractivity contribution in [3.05, 3.63) is 10.8 Å². The van der Waals surface area contributed by atoms with E-state index in [4.69, 9.17) is 14.9 Å². The van der Waals surface area contributed by atoms with Gasteiger partial charge >= 0.3 is 5.97 Å². The largest absolute Gasteiger partial charge is 0.480 e. The van der Waals surface area contributed by atoms with Crippen molar-refractivity contribution in [3.8, 4) is 0 Å². The van der Waals surface area contributed by atoms with Crippen LogP contribution in [0.1, 0.15) is 0 Å². The van der Waals surface area contributed by atoms with Crippen LogP contribution < -0.4 is 5.32 Å². The number of hydrogen-bond donors (Lipinski definition) is 4. The van der Waals surface area contributed by atoms with E-state index in [1.54, 1.807) is 0 Å². The van der Waals surface area contributed by atoms with Crippen LogP contribution in [0.2, 0.25) is 0 Å². The number of hydrogen-bond acceptors (Lipinski definition) is 5. The molecule has 0 fully saturated rings. The van der Waals surface area contributed by atoms with Crippen molar-refractivity contribution in [1.82, 2.24) is 5.32 Å². The lowest BCUT2D eigenvalue weighted by Crippen LogP contribution is -2.39. The van der Waals surface area contributed by atoms with Crippen LogP contribution in [0.3, 0.4) is 0 Å². The van der Waals surface area contributed by atoms with Gasteiger partial charge in [0, 0.05) is 5.75 Å². The Bertz CT molecular complexity index is 219. The van der Waals surface area contributed by atoms with Gasteiger partial charge in [0.1, 0.15) is 6.04 Å². The molecule has 5 nitrogen and oxygen atoms in total. The number of nitrogens with one attached hydrogen (secondary N) is 1. The fraction of sp³-hybridized carbons (Fsp3) is 0.400. The van der Waals surface area contributed by atoms with Crippen LogP contribution in [0.4, 0.5) is 0 Å². The first-order valence-corrected chi connectivity index (χ1v) is 5.40. The summed E-state index contributed by atoms with van der Waals surface area (Å²) >= 11 is 1.26. The zero-order chi connectivity index (χ0) is 9.14. The van der Waals surface area contributed by atoms with Gasteiger partial charge in [-0.3, -0.25) is 0 Å². The lowest BCUT2D eigenvalue weighted by molar-refractivity contribution is -0.138. The van der Waals surface area contributed by atoms with Gasteiger partial charge < -0.3 is 20.2 Å². The molecule has 0 saturated heterocycles. The third-order valence-corrected chi connectivity index (χ3v) is 3.09. The van der Waals surface area contributed by atoms with Crippen molar-refractivity contribution >= 4 is 26.1 Å². The summed E-state index contributed by atoms with van der Waals surface area (Å²) in [7, 11) is -2.20. The van der Waals surface area contributed by atoms with E-state index in [0.717, 1.165) is 0 Å². The first kappa shape index (κ1) is 9.80. The van der Waals surface area contributed by atoms with Gasteiger partial charge in [-0.05, 0) is 5.41 Å². The van der Waals surface area contributed by atoms with Crippen LogP contribution in [-0.4, -0.2) is 32.7 Å². The minimum absolute atomic E-state index is 0.202. The molecule has 1 heterocycles. The molecule has 0 saturated carbocycles. The molecule has 0 spiro atoms. The molecular weight excluding hydrogens is 201 g/mol. The van der Waals surface area contributed by atoms with E-state index in [1.165, 1.54) is 17.2 Å². The topological polar surface area (TPSA) is 89.8 Å². The summed E-state index contributed by atoms with van der Waals surface area (Å²) < 4.78 is 0. The van der Waals surface area contributed by atoms with Crippen LogP contribution in [0, 0.1) is 0 Å². The van der Waals surface area contributed by atoms with Gasteiger partial charge in [0.05, 0.1) is 5.44 Å². The molecule has 12 heavy (non-hydrogen) atoms. The van der Waals surface area contributed by atoms with Crippen molar-refractivity contribution in [2.24, 2.45) is 0 Å². The first-order valence-electron chi connectivity index (χ1n) is 3.10. The standard InChI is InChI=1S/C5H8NO4PS/c7-5(8)3-1-12-2-4(6-3)11(9)10/h2-3,6,9-10H,1H2,(H,7,8). The Morgan fingerprint density at radius 3 is 2.92 bits per heavy atom. The van der Waals surface area contributed by atoms with E-state index in [2.05, 4.69) is 5.32 Å².